The lowest BCUT2D eigenvalue weighted by atomic mass is 10.1. The number of aromatic nitrogens is 2. The Balaban J connectivity index is 1.68. The van der Waals surface area contributed by atoms with Crippen LogP contribution in [0, 0.1) is 5.82 Å². The van der Waals surface area contributed by atoms with Gasteiger partial charge in [-0.2, -0.15) is 13.2 Å². The highest BCUT2D eigenvalue weighted by Crippen LogP contribution is 2.33. The quantitative estimate of drug-likeness (QED) is 0.465. The van der Waals surface area contributed by atoms with Crippen LogP contribution in [0.2, 0.25) is 0 Å². The summed E-state index contributed by atoms with van der Waals surface area (Å²) >= 11 is 1.29. The summed E-state index contributed by atoms with van der Waals surface area (Å²) in [6.07, 6.45) is -2.76. The number of carbonyl (C=O) groups excluding carboxylic acids is 1. The number of benzene rings is 2. The van der Waals surface area contributed by atoms with E-state index in [0.717, 1.165) is 12.1 Å². The fourth-order valence-corrected chi connectivity index (χ4v) is 3.65. The van der Waals surface area contributed by atoms with Gasteiger partial charge in [0.2, 0.25) is 0 Å². The fourth-order valence-electron chi connectivity index (χ4n) is 2.94. The number of nitrogens with zero attached hydrogens (tertiary/aromatic N) is 2. The predicted molar refractivity (Wildman–Crippen MR) is 101 cm³/mol. The van der Waals surface area contributed by atoms with Crippen LogP contribution in [0.3, 0.4) is 0 Å². The molecule has 0 fully saturated rings. The summed E-state index contributed by atoms with van der Waals surface area (Å²) in [5.74, 6) is -0.986. The largest absolute Gasteiger partial charge is 0.416 e. The number of hydrogen-bond acceptors (Lipinski definition) is 3. The minimum Gasteiger partial charge on any atom is -0.346 e. The normalized spacial score (nSPS) is 11.7. The van der Waals surface area contributed by atoms with Crippen molar-refractivity contribution in [1.82, 2.24) is 14.7 Å². The molecular weight excluding hydrogens is 406 g/mol. The third-order valence-corrected chi connectivity index (χ3v) is 5.12. The van der Waals surface area contributed by atoms with Crippen LogP contribution in [0.4, 0.5) is 17.6 Å². The number of amides is 1. The van der Waals surface area contributed by atoms with Crippen LogP contribution in [-0.2, 0) is 12.7 Å². The van der Waals surface area contributed by atoms with Gasteiger partial charge in [0.15, 0.2) is 10.7 Å². The number of nitrogens with one attached hydrogen (secondary N) is 1. The summed E-state index contributed by atoms with van der Waals surface area (Å²) < 4.78 is 54.0. The van der Waals surface area contributed by atoms with Crippen molar-refractivity contribution in [3.63, 3.8) is 0 Å². The third kappa shape index (κ3) is 3.73. The first-order valence-electron chi connectivity index (χ1n) is 8.49. The van der Waals surface area contributed by atoms with Crippen molar-refractivity contribution in [2.75, 3.05) is 0 Å². The van der Waals surface area contributed by atoms with E-state index >= 15 is 0 Å². The van der Waals surface area contributed by atoms with Gasteiger partial charge in [-0.3, -0.25) is 9.20 Å². The number of alkyl halides is 3. The number of halogens is 4. The number of thiazole rings is 1. The molecule has 0 radical (unpaired) electrons. The van der Waals surface area contributed by atoms with Gasteiger partial charge in [0.1, 0.15) is 5.82 Å². The molecule has 0 bridgehead atoms. The van der Waals surface area contributed by atoms with Crippen LogP contribution in [0.5, 0.6) is 0 Å². The van der Waals surface area contributed by atoms with E-state index in [2.05, 4.69) is 10.3 Å². The summed E-state index contributed by atoms with van der Waals surface area (Å²) in [4.78, 5) is 17.6. The second-order valence-corrected chi connectivity index (χ2v) is 7.09. The van der Waals surface area contributed by atoms with Crippen LogP contribution in [0.1, 0.15) is 21.6 Å². The molecule has 4 aromatic rings. The van der Waals surface area contributed by atoms with Gasteiger partial charge < -0.3 is 5.32 Å². The summed E-state index contributed by atoms with van der Waals surface area (Å²) in [5, 5.41) is 4.38. The van der Waals surface area contributed by atoms with Gasteiger partial charge in [-0.25, -0.2) is 9.37 Å². The standard InChI is InChI=1S/C20H13F4N3OS/c21-15-4-2-1-3-13(15)11-25-18(28)16-17(27-9-10-29-19(27)26-16)12-5-7-14(8-6-12)20(22,23)24/h1-10H,11H2,(H,25,28). The van der Waals surface area contributed by atoms with Crippen molar-refractivity contribution in [2.45, 2.75) is 12.7 Å². The third-order valence-electron chi connectivity index (χ3n) is 4.36. The Bertz CT molecular complexity index is 1180. The first kappa shape index (κ1) is 19.1. The predicted octanol–water partition coefficient (Wildman–Crippen LogP) is 5.15. The fraction of sp³-hybridized carbons (Fsp3) is 0.100. The minimum absolute atomic E-state index is 0.0386. The Morgan fingerprint density at radius 1 is 1.10 bits per heavy atom. The zero-order chi connectivity index (χ0) is 20.6. The molecule has 29 heavy (non-hydrogen) atoms. The first-order valence-corrected chi connectivity index (χ1v) is 9.37. The smallest absolute Gasteiger partial charge is 0.346 e. The second kappa shape index (κ2) is 7.32. The molecule has 0 spiro atoms. The number of rotatable bonds is 4. The Kier molecular flexibility index (Phi) is 4.83. The van der Waals surface area contributed by atoms with Crippen LogP contribution < -0.4 is 5.32 Å². The Morgan fingerprint density at radius 2 is 1.83 bits per heavy atom. The maximum absolute atomic E-state index is 13.8. The second-order valence-electron chi connectivity index (χ2n) is 6.21. The average molecular weight is 419 g/mol. The van der Waals surface area contributed by atoms with Gasteiger partial charge in [0.25, 0.3) is 5.91 Å². The molecule has 0 aliphatic rings. The van der Waals surface area contributed by atoms with Gasteiger partial charge >= 0.3 is 6.18 Å². The molecule has 4 rings (SSSR count). The SMILES string of the molecule is O=C(NCc1ccccc1F)c1nc2sccn2c1-c1ccc(C(F)(F)F)cc1. The van der Waals surface area contributed by atoms with Gasteiger partial charge in [-0.05, 0) is 18.2 Å². The van der Waals surface area contributed by atoms with Gasteiger partial charge in [0.05, 0.1) is 11.3 Å². The van der Waals surface area contributed by atoms with Crippen molar-refractivity contribution in [3.8, 4) is 11.3 Å². The lowest BCUT2D eigenvalue weighted by molar-refractivity contribution is -0.137. The van der Waals surface area contributed by atoms with Crippen molar-refractivity contribution in [3.05, 3.63) is 82.7 Å². The highest BCUT2D eigenvalue weighted by molar-refractivity contribution is 7.15. The highest BCUT2D eigenvalue weighted by atomic mass is 32.1. The molecule has 0 unspecified atom stereocenters. The highest BCUT2D eigenvalue weighted by Gasteiger charge is 2.30. The van der Waals surface area contributed by atoms with Crippen molar-refractivity contribution < 1.29 is 22.4 Å². The molecule has 1 amide bonds. The average Bonchev–Trinajstić information content (AvgIpc) is 3.27. The van der Waals surface area contributed by atoms with Gasteiger partial charge in [-0.15, -0.1) is 11.3 Å². The topological polar surface area (TPSA) is 46.4 Å². The molecule has 4 nitrogen and oxygen atoms in total. The molecule has 0 aliphatic heterocycles. The summed E-state index contributed by atoms with van der Waals surface area (Å²) in [7, 11) is 0. The minimum atomic E-state index is -4.45. The van der Waals surface area contributed by atoms with E-state index in [9.17, 15) is 22.4 Å². The maximum Gasteiger partial charge on any atom is 0.416 e. The zero-order valence-electron chi connectivity index (χ0n) is 14.7. The van der Waals surface area contributed by atoms with E-state index in [0.29, 0.717) is 21.8 Å². The van der Waals surface area contributed by atoms with Crippen molar-refractivity contribution in [2.24, 2.45) is 0 Å². The van der Waals surface area contributed by atoms with E-state index in [1.165, 1.54) is 29.5 Å². The summed E-state index contributed by atoms with van der Waals surface area (Å²) in [6.45, 7) is -0.0386. The maximum atomic E-state index is 13.8. The molecular formula is C20H13F4N3OS. The lowest BCUT2D eigenvalue weighted by Gasteiger charge is -2.09. The molecule has 1 N–H and O–H groups in total. The van der Waals surface area contributed by atoms with Crippen LogP contribution in [0.25, 0.3) is 16.2 Å². The van der Waals surface area contributed by atoms with E-state index < -0.39 is 23.5 Å². The molecule has 0 saturated heterocycles. The molecule has 0 atom stereocenters. The van der Waals surface area contributed by atoms with Crippen LogP contribution in [0.15, 0.2) is 60.1 Å². The lowest BCUT2D eigenvalue weighted by Crippen LogP contribution is -2.24. The Hall–Kier alpha value is -3.20. The molecule has 0 saturated carbocycles. The zero-order valence-corrected chi connectivity index (χ0v) is 15.5. The van der Waals surface area contributed by atoms with Gasteiger partial charge in [0, 0.05) is 29.2 Å². The number of hydrogen-bond donors (Lipinski definition) is 1. The first-order chi connectivity index (χ1) is 13.8. The van der Waals surface area contributed by atoms with E-state index in [1.807, 2.05) is 0 Å². The Morgan fingerprint density at radius 3 is 2.52 bits per heavy atom. The molecule has 2 aromatic heterocycles. The summed E-state index contributed by atoms with van der Waals surface area (Å²) in [5.41, 5.74) is 0.393. The Labute approximate surface area is 166 Å². The molecule has 148 valence electrons. The molecule has 2 aromatic carbocycles. The molecule has 2 heterocycles. The van der Waals surface area contributed by atoms with Crippen molar-refractivity contribution >= 4 is 22.2 Å². The van der Waals surface area contributed by atoms with Crippen LogP contribution in [-0.4, -0.2) is 15.3 Å². The van der Waals surface area contributed by atoms with E-state index in [4.69, 9.17) is 0 Å². The van der Waals surface area contributed by atoms with E-state index in [1.54, 1.807) is 34.2 Å². The number of imidazole rings is 1. The molecule has 9 heteroatoms. The van der Waals surface area contributed by atoms with E-state index in [-0.39, 0.29) is 12.2 Å². The van der Waals surface area contributed by atoms with Gasteiger partial charge in [-0.1, -0.05) is 30.3 Å². The van der Waals surface area contributed by atoms with Crippen LogP contribution >= 0.6 is 11.3 Å². The molecule has 0 aliphatic carbocycles. The summed E-state index contributed by atoms with van der Waals surface area (Å²) in [6, 6.07) is 10.6. The van der Waals surface area contributed by atoms with Crippen molar-refractivity contribution in [1.29, 1.82) is 0 Å². The number of carbonyl (C=O) groups is 1. The monoisotopic (exact) mass is 419 g/mol. The number of fused-ring (bicyclic) bond motifs is 1.